The molecule has 0 fully saturated rings. The number of nitrogens with two attached hydrogens (primary N) is 1. The highest BCUT2D eigenvalue weighted by molar-refractivity contribution is 5.12. The zero-order chi connectivity index (χ0) is 12.8. The number of hydrogen-bond donors (Lipinski definition) is 1. The average Bonchev–Trinajstić information content (AvgIpc) is 2.69. The Morgan fingerprint density at radius 2 is 2.00 bits per heavy atom. The van der Waals surface area contributed by atoms with Crippen molar-refractivity contribution in [2.75, 3.05) is 20.3 Å². The van der Waals surface area contributed by atoms with Crippen molar-refractivity contribution in [1.82, 2.24) is 15.0 Å². The van der Waals surface area contributed by atoms with Crippen LogP contribution in [0.15, 0.2) is 0 Å². The van der Waals surface area contributed by atoms with E-state index in [9.17, 15) is 0 Å². The molecule has 1 heterocycles. The van der Waals surface area contributed by atoms with Crippen LogP contribution in [0.4, 0.5) is 0 Å². The lowest BCUT2D eigenvalue weighted by molar-refractivity contribution is 0.198. The SMILES string of the molecule is COCCc1c(CCN)nnn1C(C)C(C)C. The summed E-state index contributed by atoms with van der Waals surface area (Å²) in [5.41, 5.74) is 7.77. The summed E-state index contributed by atoms with van der Waals surface area (Å²) in [5, 5.41) is 8.50. The Labute approximate surface area is 103 Å². The maximum Gasteiger partial charge on any atom is 0.0872 e. The Bertz CT molecular complexity index is 335. The molecule has 0 aliphatic heterocycles. The fourth-order valence-electron chi connectivity index (χ4n) is 1.74. The van der Waals surface area contributed by atoms with Gasteiger partial charge in [0.15, 0.2) is 0 Å². The molecular weight excluding hydrogens is 216 g/mol. The van der Waals surface area contributed by atoms with E-state index in [2.05, 4.69) is 31.1 Å². The monoisotopic (exact) mass is 240 g/mol. The molecule has 1 rings (SSSR count). The highest BCUT2D eigenvalue weighted by Crippen LogP contribution is 2.20. The van der Waals surface area contributed by atoms with Gasteiger partial charge in [0, 0.05) is 20.0 Å². The van der Waals surface area contributed by atoms with Crippen molar-refractivity contribution in [3.63, 3.8) is 0 Å². The lowest BCUT2D eigenvalue weighted by Gasteiger charge is -2.18. The first-order valence-corrected chi connectivity index (χ1v) is 6.23. The van der Waals surface area contributed by atoms with Crippen LogP contribution in [0.2, 0.25) is 0 Å². The Morgan fingerprint density at radius 1 is 1.29 bits per heavy atom. The molecule has 1 aromatic heterocycles. The van der Waals surface area contributed by atoms with E-state index in [0.29, 0.717) is 25.1 Å². The van der Waals surface area contributed by atoms with E-state index < -0.39 is 0 Å². The number of methoxy groups -OCH3 is 1. The van der Waals surface area contributed by atoms with E-state index in [0.717, 1.165) is 18.5 Å². The summed E-state index contributed by atoms with van der Waals surface area (Å²) in [7, 11) is 1.71. The van der Waals surface area contributed by atoms with Crippen molar-refractivity contribution in [2.45, 2.75) is 39.7 Å². The van der Waals surface area contributed by atoms with Crippen LogP contribution >= 0.6 is 0 Å². The van der Waals surface area contributed by atoms with Crippen molar-refractivity contribution in [3.8, 4) is 0 Å². The summed E-state index contributed by atoms with van der Waals surface area (Å²) in [4.78, 5) is 0. The van der Waals surface area contributed by atoms with E-state index in [1.165, 1.54) is 5.69 Å². The van der Waals surface area contributed by atoms with Gasteiger partial charge in [0.25, 0.3) is 0 Å². The molecule has 17 heavy (non-hydrogen) atoms. The van der Waals surface area contributed by atoms with Crippen molar-refractivity contribution < 1.29 is 4.74 Å². The molecule has 0 bridgehead atoms. The summed E-state index contributed by atoms with van der Waals surface area (Å²) >= 11 is 0. The lowest BCUT2D eigenvalue weighted by Crippen LogP contribution is -2.17. The summed E-state index contributed by atoms with van der Waals surface area (Å²) < 4.78 is 7.17. The molecule has 0 spiro atoms. The molecule has 1 atom stereocenters. The summed E-state index contributed by atoms with van der Waals surface area (Å²) in [6.45, 7) is 7.84. The minimum atomic E-state index is 0.348. The van der Waals surface area contributed by atoms with E-state index in [4.69, 9.17) is 10.5 Å². The minimum Gasteiger partial charge on any atom is -0.384 e. The van der Waals surface area contributed by atoms with Gasteiger partial charge in [-0.1, -0.05) is 19.1 Å². The van der Waals surface area contributed by atoms with Crippen LogP contribution in [-0.2, 0) is 17.6 Å². The molecule has 98 valence electrons. The fraction of sp³-hybridized carbons (Fsp3) is 0.833. The standard InChI is InChI=1S/C12H24N4O/c1-9(2)10(3)16-12(6-8-17-4)11(5-7-13)14-15-16/h9-10H,5-8,13H2,1-4H3. The molecule has 5 heteroatoms. The molecule has 0 amide bonds. The van der Waals surface area contributed by atoms with Crippen molar-refractivity contribution in [1.29, 1.82) is 0 Å². The summed E-state index contributed by atoms with van der Waals surface area (Å²) in [6.07, 6.45) is 1.62. The molecule has 0 radical (unpaired) electrons. The highest BCUT2D eigenvalue weighted by atomic mass is 16.5. The van der Waals surface area contributed by atoms with Crippen LogP contribution in [-0.4, -0.2) is 35.3 Å². The van der Waals surface area contributed by atoms with E-state index in [1.54, 1.807) is 7.11 Å². The van der Waals surface area contributed by atoms with E-state index >= 15 is 0 Å². The largest absolute Gasteiger partial charge is 0.384 e. The molecule has 2 N–H and O–H groups in total. The minimum absolute atomic E-state index is 0.348. The average molecular weight is 240 g/mol. The van der Waals surface area contributed by atoms with Gasteiger partial charge >= 0.3 is 0 Å². The molecule has 1 aromatic rings. The second-order valence-electron chi connectivity index (χ2n) is 4.69. The maximum absolute atomic E-state index is 5.59. The van der Waals surface area contributed by atoms with E-state index in [1.807, 2.05) is 4.68 Å². The Kier molecular flexibility index (Phi) is 5.58. The van der Waals surface area contributed by atoms with Crippen LogP contribution in [0.3, 0.4) is 0 Å². The van der Waals surface area contributed by atoms with Crippen LogP contribution < -0.4 is 5.73 Å². The molecule has 1 unspecified atom stereocenters. The van der Waals surface area contributed by atoms with Crippen molar-refractivity contribution >= 4 is 0 Å². The number of rotatable bonds is 7. The molecule has 0 aliphatic carbocycles. The van der Waals surface area contributed by atoms with Gasteiger partial charge in [-0.3, -0.25) is 0 Å². The van der Waals surface area contributed by atoms with Gasteiger partial charge in [0.2, 0.25) is 0 Å². The van der Waals surface area contributed by atoms with Crippen LogP contribution in [0, 0.1) is 5.92 Å². The second kappa shape index (κ2) is 6.71. The third-order valence-electron chi connectivity index (χ3n) is 3.15. The fourth-order valence-corrected chi connectivity index (χ4v) is 1.74. The summed E-state index contributed by atoms with van der Waals surface area (Å²) in [6, 6.07) is 0.348. The quantitative estimate of drug-likeness (QED) is 0.777. The van der Waals surface area contributed by atoms with Gasteiger partial charge in [0.1, 0.15) is 0 Å². The molecule has 0 saturated carbocycles. The number of hydrogen-bond acceptors (Lipinski definition) is 4. The molecular formula is C12H24N4O. The first-order chi connectivity index (χ1) is 8.11. The van der Waals surface area contributed by atoms with Crippen LogP contribution in [0.25, 0.3) is 0 Å². The topological polar surface area (TPSA) is 66.0 Å². The predicted octanol–water partition coefficient (Wildman–Crippen LogP) is 1.19. The van der Waals surface area contributed by atoms with Gasteiger partial charge in [-0.25, -0.2) is 4.68 Å². The molecule has 0 aliphatic rings. The Morgan fingerprint density at radius 3 is 2.53 bits per heavy atom. The van der Waals surface area contributed by atoms with Gasteiger partial charge in [-0.2, -0.15) is 0 Å². The van der Waals surface area contributed by atoms with Gasteiger partial charge in [-0.05, 0) is 19.4 Å². The number of ether oxygens (including phenoxy) is 1. The second-order valence-corrected chi connectivity index (χ2v) is 4.69. The van der Waals surface area contributed by atoms with Crippen molar-refractivity contribution in [3.05, 3.63) is 11.4 Å². The molecule has 0 aromatic carbocycles. The summed E-state index contributed by atoms with van der Waals surface area (Å²) in [5.74, 6) is 0.531. The maximum atomic E-state index is 5.59. The third kappa shape index (κ3) is 3.51. The van der Waals surface area contributed by atoms with Gasteiger partial charge in [0.05, 0.1) is 24.0 Å². The number of aromatic nitrogens is 3. The van der Waals surface area contributed by atoms with Crippen LogP contribution in [0.1, 0.15) is 38.2 Å². The van der Waals surface area contributed by atoms with Gasteiger partial charge < -0.3 is 10.5 Å². The Balaban J connectivity index is 2.94. The zero-order valence-corrected chi connectivity index (χ0v) is 11.3. The highest BCUT2D eigenvalue weighted by Gasteiger charge is 2.18. The zero-order valence-electron chi connectivity index (χ0n) is 11.3. The number of nitrogens with zero attached hydrogens (tertiary/aromatic N) is 3. The lowest BCUT2D eigenvalue weighted by atomic mass is 10.1. The van der Waals surface area contributed by atoms with E-state index in [-0.39, 0.29) is 0 Å². The molecule has 0 saturated heterocycles. The van der Waals surface area contributed by atoms with Crippen LogP contribution in [0.5, 0.6) is 0 Å². The normalized spacial score (nSPS) is 13.3. The molecule has 5 nitrogen and oxygen atoms in total. The smallest absolute Gasteiger partial charge is 0.0872 e. The third-order valence-corrected chi connectivity index (χ3v) is 3.15. The predicted molar refractivity (Wildman–Crippen MR) is 67.9 cm³/mol. The Hall–Kier alpha value is -0.940. The van der Waals surface area contributed by atoms with Crippen molar-refractivity contribution in [2.24, 2.45) is 11.7 Å². The first-order valence-electron chi connectivity index (χ1n) is 6.23. The van der Waals surface area contributed by atoms with Gasteiger partial charge in [-0.15, -0.1) is 5.10 Å². The first kappa shape index (κ1) is 14.1.